The molecule has 2 aliphatic rings. The van der Waals surface area contributed by atoms with Crippen molar-refractivity contribution in [2.24, 2.45) is 17.3 Å². The third kappa shape index (κ3) is 2.06. The SMILES string of the molecule is COC(=O)[C@@H]1C2C(CN1S(=O)(=O)c1ccc(F)cc1)C2(C)C. The van der Waals surface area contributed by atoms with E-state index in [1.807, 2.05) is 13.8 Å². The highest BCUT2D eigenvalue weighted by atomic mass is 32.2. The van der Waals surface area contributed by atoms with E-state index in [1.54, 1.807) is 0 Å². The van der Waals surface area contributed by atoms with Gasteiger partial charge in [-0.2, -0.15) is 4.31 Å². The van der Waals surface area contributed by atoms with Crippen LogP contribution in [0.1, 0.15) is 13.8 Å². The van der Waals surface area contributed by atoms with E-state index in [9.17, 15) is 17.6 Å². The van der Waals surface area contributed by atoms with Crippen molar-refractivity contribution in [3.8, 4) is 0 Å². The third-order valence-electron chi connectivity index (χ3n) is 5.03. The summed E-state index contributed by atoms with van der Waals surface area (Å²) in [5.41, 5.74) is -0.0618. The molecule has 0 aromatic heterocycles. The maximum Gasteiger partial charge on any atom is 0.324 e. The molecule has 120 valence electrons. The fourth-order valence-corrected chi connectivity index (χ4v) is 5.25. The van der Waals surface area contributed by atoms with Crippen LogP contribution in [0.3, 0.4) is 0 Å². The zero-order valence-electron chi connectivity index (χ0n) is 12.6. The van der Waals surface area contributed by atoms with Crippen LogP contribution in [0.15, 0.2) is 29.2 Å². The number of esters is 1. The lowest BCUT2D eigenvalue weighted by Gasteiger charge is -2.28. The fourth-order valence-electron chi connectivity index (χ4n) is 3.62. The molecular weight excluding hydrogens is 309 g/mol. The standard InChI is InChI=1S/C15H18FNO4S/c1-15(2)11-8-17(13(12(11)15)14(18)21-3)22(19,20)10-6-4-9(16)5-7-10/h4-7,11-13H,8H2,1-3H3/t11?,12?,13-/m0/s1. The second-order valence-electron chi connectivity index (χ2n) is 6.45. The van der Waals surface area contributed by atoms with Crippen molar-refractivity contribution in [1.82, 2.24) is 4.31 Å². The van der Waals surface area contributed by atoms with E-state index < -0.39 is 27.9 Å². The van der Waals surface area contributed by atoms with Crippen LogP contribution >= 0.6 is 0 Å². The first-order valence-electron chi connectivity index (χ1n) is 7.06. The van der Waals surface area contributed by atoms with E-state index >= 15 is 0 Å². The summed E-state index contributed by atoms with van der Waals surface area (Å²) in [6.45, 7) is 4.34. The van der Waals surface area contributed by atoms with E-state index in [2.05, 4.69) is 0 Å². The molecule has 1 aromatic rings. The van der Waals surface area contributed by atoms with Gasteiger partial charge in [-0.3, -0.25) is 4.79 Å². The molecule has 1 aromatic carbocycles. The molecule has 0 amide bonds. The number of benzene rings is 1. The monoisotopic (exact) mass is 327 g/mol. The maximum atomic E-state index is 13.0. The second-order valence-corrected chi connectivity index (χ2v) is 8.34. The number of methoxy groups -OCH3 is 1. The molecule has 0 bridgehead atoms. The lowest BCUT2D eigenvalue weighted by molar-refractivity contribution is -0.145. The van der Waals surface area contributed by atoms with Crippen LogP contribution in [-0.4, -0.2) is 38.4 Å². The number of nitrogens with zero attached hydrogens (tertiary/aromatic N) is 1. The van der Waals surface area contributed by atoms with Crippen molar-refractivity contribution < 1.29 is 22.3 Å². The molecule has 1 aliphatic heterocycles. The van der Waals surface area contributed by atoms with Gasteiger partial charge in [0.15, 0.2) is 0 Å². The first kappa shape index (κ1) is 15.4. The van der Waals surface area contributed by atoms with E-state index in [1.165, 1.54) is 23.5 Å². The van der Waals surface area contributed by atoms with Gasteiger partial charge in [0.2, 0.25) is 10.0 Å². The number of fused-ring (bicyclic) bond motifs is 1. The van der Waals surface area contributed by atoms with E-state index in [0.29, 0.717) is 0 Å². The van der Waals surface area contributed by atoms with Gasteiger partial charge in [0.25, 0.3) is 0 Å². The minimum atomic E-state index is -3.85. The Hall–Kier alpha value is -1.47. The highest BCUT2D eigenvalue weighted by Gasteiger charge is 2.70. The largest absolute Gasteiger partial charge is 0.468 e. The molecule has 1 saturated carbocycles. The second kappa shape index (κ2) is 4.76. The molecule has 0 radical (unpaired) electrons. The minimum Gasteiger partial charge on any atom is -0.468 e. The molecule has 5 nitrogen and oxygen atoms in total. The highest BCUT2D eigenvalue weighted by molar-refractivity contribution is 7.89. The molecule has 1 saturated heterocycles. The van der Waals surface area contributed by atoms with Crippen LogP contribution in [0, 0.1) is 23.1 Å². The number of ether oxygens (including phenoxy) is 1. The Kier molecular flexibility index (Phi) is 3.34. The average Bonchev–Trinajstić information content (AvgIpc) is 2.85. The molecule has 2 fully saturated rings. The van der Waals surface area contributed by atoms with E-state index in [-0.39, 0.29) is 28.7 Å². The van der Waals surface area contributed by atoms with Gasteiger partial charge in [-0.05, 0) is 41.5 Å². The van der Waals surface area contributed by atoms with Crippen molar-refractivity contribution in [2.75, 3.05) is 13.7 Å². The number of carbonyl (C=O) groups is 1. The third-order valence-corrected chi connectivity index (χ3v) is 6.89. The summed E-state index contributed by atoms with van der Waals surface area (Å²) in [5.74, 6) is -0.931. The van der Waals surface area contributed by atoms with Crippen molar-refractivity contribution in [2.45, 2.75) is 24.8 Å². The number of carbonyl (C=O) groups excluding carboxylic acids is 1. The molecule has 0 spiro atoms. The number of halogens is 1. The number of rotatable bonds is 3. The van der Waals surface area contributed by atoms with Gasteiger partial charge in [0, 0.05) is 6.54 Å². The van der Waals surface area contributed by atoms with E-state index in [0.717, 1.165) is 12.1 Å². The van der Waals surface area contributed by atoms with Gasteiger partial charge in [-0.25, -0.2) is 12.8 Å². The van der Waals surface area contributed by atoms with Gasteiger partial charge < -0.3 is 4.74 Å². The Labute approximate surface area is 129 Å². The van der Waals surface area contributed by atoms with Crippen molar-refractivity contribution in [3.05, 3.63) is 30.1 Å². The maximum absolute atomic E-state index is 13.0. The summed E-state index contributed by atoms with van der Waals surface area (Å²) < 4.78 is 44.5. The van der Waals surface area contributed by atoms with Gasteiger partial charge in [0.05, 0.1) is 12.0 Å². The summed E-state index contributed by atoms with van der Waals surface area (Å²) in [5, 5.41) is 0. The summed E-state index contributed by atoms with van der Waals surface area (Å²) in [4.78, 5) is 12.1. The average molecular weight is 327 g/mol. The first-order chi connectivity index (χ1) is 10.2. The van der Waals surface area contributed by atoms with Crippen LogP contribution in [0.5, 0.6) is 0 Å². The predicted molar refractivity (Wildman–Crippen MR) is 76.9 cm³/mol. The fraction of sp³-hybridized carbons (Fsp3) is 0.533. The van der Waals surface area contributed by atoms with Crippen molar-refractivity contribution in [1.29, 1.82) is 0 Å². The first-order valence-corrected chi connectivity index (χ1v) is 8.50. The van der Waals surface area contributed by atoms with Gasteiger partial charge in [0.1, 0.15) is 11.9 Å². The van der Waals surface area contributed by atoms with Crippen LogP contribution in [-0.2, 0) is 19.6 Å². The highest BCUT2D eigenvalue weighted by Crippen LogP contribution is 2.65. The number of hydrogen-bond acceptors (Lipinski definition) is 4. The lowest BCUT2D eigenvalue weighted by atomic mass is 10.0. The zero-order valence-corrected chi connectivity index (χ0v) is 13.4. The van der Waals surface area contributed by atoms with Crippen LogP contribution in [0.2, 0.25) is 0 Å². The molecule has 2 unspecified atom stereocenters. The molecule has 1 heterocycles. The van der Waals surface area contributed by atoms with Gasteiger partial charge in [-0.15, -0.1) is 0 Å². The lowest BCUT2D eigenvalue weighted by Crippen LogP contribution is -2.45. The Morgan fingerprint density at radius 3 is 2.45 bits per heavy atom. The minimum absolute atomic E-state index is 0.0121. The number of sulfonamides is 1. The Morgan fingerprint density at radius 2 is 1.91 bits per heavy atom. The smallest absolute Gasteiger partial charge is 0.324 e. The quantitative estimate of drug-likeness (QED) is 0.792. The molecular formula is C15H18FNO4S. The molecule has 22 heavy (non-hydrogen) atoms. The molecule has 0 N–H and O–H groups in total. The normalized spacial score (nSPS) is 29.9. The Morgan fingerprint density at radius 1 is 1.32 bits per heavy atom. The molecule has 7 heteroatoms. The Bertz CT molecular complexity index is 714. The summed E-state index contributed by atoms with van der Waals surface area (Å²) >= 11 is 0. The van der Waals surface area contributed by atoms with Crippen LogP contribution < -0.4 is 0 Å². The molecule has 1 aliphatic carbocycles. The summed E-state index contributed by atoms with van der Waals surface area (Å²) in [7, 11) is -2.59. The molecule has 3 rings (SSSR count). The Balaban J connectivity index is 1.97. The van der Waals surface area contributed by atoms with E-state index in [4.69, 9.17) is 4.74 Å². The summed E-state index contributed by atoms with van der Waals surface area (Å²) in [6.07, 6.45) is 0. The van der Waals surface area contributed by atoms with Gasteiger partial charge in [-0.1, -0.05) is 13.8 Å². The number of hydrogen-bond donors (Lipinski definition) is 0. The summed E-state index contributed by atoms with van der Waals surface area (Å²) in [6, 6.07) is 3.82. The zero-order chi connectivity index (χ0) is 16.3. The number of piperidine rings is 1. The van der Waals surface area contributed by atoms with Crippen LogP contribution in [0.4, 0.5) is 4.39 Å². The van der Waals surface area contributed by atoms with Crippen LogP contribution in [0.25, 0.3) is 0 Å². The molecule has 3 atom stereocenters. The van der Waals surface area contributed by atoms with Crippen molar-refractivity contribution in [3.63, 3.8) is 0 Å². The van der Waals surface area contributed by atoms with Gasteiger partial charge >= 0.3 is 5.97 Å². The predicted octanol–water partition coefficient (Wildman–Crippen LogP) is 1.64. The topological polar surface area (TPSA) is 63.7 Å². The van der Waals surface area contributed by atoms with Crippen molar-refractivity contribution >= 4 is 16.0 Å².